The quantitative estimate of drug-likeness (QED) is 0.890. The molecule has 120 valence electrons. The number of aryl methyl sites for hydroxylation is 2. The van der Waals surface area contributed by atoms with Crippen molar-refractivity contribution in [3.63, 3.8) is 0 Å². The van der Waals surface area contributed by atoms with Gasteiger partial charge < -0.3 is 9.84 Å². The number of carbonyl (C=O) groups is 1. The van der Waals surface area contributed by atoms with Crippen molar-refractivity contribution in [1.29, 1.82) is 0 Å². The molecule has 0 atom stereocenters. The highest BCUT2D eigenvalue weighted by Crippen LogP contribution is 2.15. The molecular weight excluding hydrogens is 280 g/mol. The minimum Gasteiger partial charge on any atom is -0.360 e. The summed E-state index contributed by atoms with van der Waals surface area (Å²) in [5, 5.41) is 11.2. The molecule has 0 bridgehead atoms. The summed E-state index contributed by atoms with van der Waals surface area (Å²) in [4.78, 5) is 12.0. The maximum Gasteiger partial charge on any atom is 0.273 e. The van der Waals surface area contributed by atoms with Gasteiger partial charge in [-0.3, -0.25) is 9.48 Å². The highest BCUT2D eigenvalue weighted by atomic mass is 16.5. The van der Waals surface area contributed by atoms with E-state index in [1.54, 1.807) is 6.07 Å². The molecular formula is C16H24N4O2. The molecule has 0 spiro atoms. The number of nitrogens with one attached hydrogen (secondary N) is 1. The first kappa shape index (κ1) is 16.3. The third-order valence-electron chi connectivity index (χ3n) is 3.82. The Kier molecular flexibility index (Phi) is 5.00. The highest BCUT2D eigenvalue weighted by Gasteiger charge is 2.15. The normalized spacial score (nSPS) is 11.2. The van der Waals surface area contributed by atoms with Crippen LogP contribution in [-0.4, -0.2) is 27.4 Å². The molecule has 0 radical (unpaired) electrons. The van der Waals surface area contributed by atoms with Crippen molar-refractivity contribution in [2.24, 2.45) is 0 Å². The molecule has 1 amide bonds. The fourth-order valence-electron chi connectivity index (χ4n) is 2.46. The molecule has 0 aromatic carbocycles. The van der Waals surface area contributed by atoms with E-state index in [9.17, 15) is 4.79 Å². The van der Waals surface area contributed by atoms with E-state index in [1.807, 2.05) is 25.5 Å². The van der Waals surface area contributed by atoms with Crippen molar-refractivity contribution in [2.45, 2.75) is 53.5 Å². The minimum atomic E-state index is -0.200. The molecule has 2 rings (SSSR count). The van der Waals surface area contributed by atoms with Gasteiger partial charge >= 0.3 is 0 Å². The fourth-order valence-corrected chi connectivity index (χ4v) is 2.46. The van der Waals surface area contributed by atoms with Gasteiger partial charge in [0.05, 0.1) is 5.69 Å². The Morgan fingerprint density at radius 1 is 1.41 bits per heavy atom. The number of aromatic nitrogens is 3. The van der Waals surface area contributed by atoms with Crippen LogP contribution in [0.15, 0.2) is 10.6 Å². The predicted molar refractivity (Wildman–Crippen MR) is 84.0 cm³/mol. The summed E-state index contributed by atoms with van der Waals surface area (Å²) >= 11 is 0. The molecule has 0 aliphatic heterocycles. The van der Waals surface area contributed by atoms with Crippen molar-refractivity contribution in [3.8, 4) is 0 Å². The van der Waals surface area contributed by atoms with Crippen molar-refractivity contribution in [1.82, 2.24) is 20.3 Å². The molecule has 0 fully saturated rings. The van der Waals surface area contributed by atoms with E-state index in [0.29, 0.717) is 12.2 Å². The first-order valence-electron chi connectivity index (χ1n) is 7.71. The molecule has 0 saturated carbocycles. The van der Waals surface area contributed by atoms with Crippen LogP contribution in [0.4, 0.5) is 0 Å². The summed E-state index contributed by atoms with van der Waals surface area (Å²) in [5.74, 6) is 0.745. The summed E-state index contributed by atoms with van der Waals surface area (Å²) in [5.41, 5.74) is 3.72. The number of hydrogen-bond donors (Lipinski definition) is 1. The lowest BCUT2D eigenvalue weighted by Gasteiger charge is -2.04. The van der Waals surface area contributed by atoms with Crippen molar-refractivity contribution in [2.75, 3.05) is 6.54 Å². The van der Waals surface area contributed by atoms with Gasteiger partial charge in [-0.1, -0.05) is 19.0 Å². The summed E-state index contributed by atoms with van der Waals surface area (Å²) < 4.78 is 7.13. The van der Waals surface area contributed by atoms with Gasteiger partial charge in [0.1, 0.15) is 5.76 Å². The van der Waals surface area contributed by atoms with Gasteiger partial charge in [0.2, 0.25) is 0 Å². The largest absolute Gasteiger partial charge is 0.360 e. The Balaban J connectivity index is 1.93. The first-order chi connectivity index (χ1) is 10.4. The van der Waals surface area contributed by atoms with Crippen LogP contribution in [0, 0.1) is 13.8 Å². The lowest BCUT2D eigenvalue weighted by Crippen LogP contribution is -2.26. The topological polar surface area (TPSA) is 73.0 Å². The zero-order valence-corrected chi connectivity index (χ0v) is 13.9. The Labute approximate surface area is 130 Å². The van der Waals surface area contributed by atoms with Crippen LogP contribution in [0.3, 0.4) is 0 Å². The molecule has 22 heavy (non-hydrogen) atoms. The molecule has 2 aromatic rings. The van der Waals surface area contributed by atoms with Crippen LogP contribution in [0.2, 0.25) is 0 Å². The average molecular weight is 304 g/mol. The Morgan fingerprint density at radius 2 is 2.14 bits per heavy atom. The van der Waals surface area contributed by atoms with E-state index >= 15 is 0 Å². The molecule has 6 heteroatoms. The van der Waals surface area contributed by atoms with Crippen LogP contribution < -0.4 is 5.32 Å². The zero-order valence-electron chi connectivity index (χ0n) is 13.9. The van der Waals surface area contributed by atoms with Crippen LogP contribution in [0.1, 0.15) is 59.9 Å². The monoisotopic (exact) mass is 304 g/mol. The van der Waals surface area contributed by atoms with Crippen LogP contribution in [0.5, 0.6) is 0 Å². The van der Waals surface area contributed by atoms with Crippen molar-refractivity contribution < 1.29 is 9.32 Å². The number of amides is 1. The van der Waals surface area contributed by atoms with E-state index in [1.165, 1.54) is 5.56 Å². The summed E-state index contributed by atoms with van der Waals surface area (Å²) in [6.45, 7) is 11.5. The van der Waals surface area contributed by atoms with E-state index in [2.05, 4.69) is 29.4 Å². The first-order valence-corrected chi connectivity index (χ1v) is 7.71. The Hall–Kier alpha value is -2.11. The van der Waals surface area contributed by atoms with Crippen molar-refractivity contribution >= 4 is 5.91 Å². The smallest absolute Gasteiger partial charge is 0.273 e. The van der Waals surface area contributed by atoms with Crippen LogP contribution >= 0.6 is 0 Å². The molecule has 1 N–H and O–H groups in total. The molecule has 6 nitrogen and oxygen atoms in total. The van der Waals surface area contributed by atoms with E-state index < -0.39 is 0 Å². The van der Waals surface area contributed by atoms with Gasteiger partial charge in [0.15, 0.2) is 5.69 Å². The Bertz CT molecular complexity index is 655. The van der Waals surface area contributed by atoms with Gasteiger partial charge in [-0.25, -0.2) is 0 Å². The van der Waals surface area contributed by atoms with Gasteiger partial charge in [0, 0.05) is 30.8 Å². The van der Waals surface area contributed by atoms with Gasteiger partial charge in [-0.15, -0.1) is 0 Å². The number of carbonyl (C=O) groups excluding carboxylic acids is 1. The van der Waals surface area contributed by atoms with Crippen LogP contribution in [-0.2, 0) is 13.0 Å². The van der Waals surface area contributed by atoms with Gasteiger partial charge in [0.25, 0.3) is 5.91 Å². The highest BCUT2D eigenvalue weighted by molar-refractivity contribution is 5.92. The summed E-state index contributed by atoms with van der Waals surface area (Å²) in [7, 11) is 0. The fraction of sp³-hybridized carbons (Fsp3) is 0.562. The average Bonchev–Trinajstić information content (AvgIpc) is 3.06. The molecule has 0 aliphatic carbocycles. The maximum absolute atomic E-state index is 12.0. The second-order valence-electron chi connectivity index (χ2n) is 5.74. The van der Waals surface area contributed by atoms with E-state index in [-0.39, 0.29) is 11.8 Å². The lowest BCUT2D eigenvalue weighted by atomic mass is 10.1. The molecule has 0 saturated heterocycles. The van der Waals surface area contributed by atoms with Crippen molar-refractivity contribution in [3.05, 3.63) is 34.5 Å². The molecule has 2 aromatic heterocycles. The van der Waals surface area contributed by atoms with Gasteiger partial charge in [-0.05, 0) is 32.8 Å². The van der Waals surface area contributed by atoms with Gasteiger partial charge in [-0.2, -0.15) is 5.10 Å². The second kappa shape index (κ2) is 6.77. The van der Waals surface area contributed by atoms with E-state index in [4.69, 9.17) is 4.52 Å². The summed E-state index contributed by atoms with van der Waals surface area (Å²) in [6.07, 6.45) is 0.762. The summed E-state index contributed by atoms with van der Waals surface area (Å²) in [6, 6.07) is 1.70. The number of rotatable bonds is 6. The number of hydrogen-bond acceptors (Lipinski definition) is 4. The third kappa shape index (κ3) is 3.37. The van der Waals surface area contributed by atoms with E-state index in [0.717, 1.165) is 30.1 Å². The number of nitrogens with zero attached hydrogens (tertiary/aromatic N) is 3. The SMILES string of the molecule is CCn1nc(C)c(CCNC(=O)c2cc(C(C)C)on2)c1C. The Morgan fingerprint density at radius 3 is 2.68 bits per heavy atom. The lowest BCUT2D eigenvalue weighted by molar-refractivity contribution is 0.0945. The molecule has 0 aliphatic rings. The third-order valence-corrected chi connectivity index (χ3v) is 3.82. The zero-order chi connectivity index (χ0) is 16.3. The second-order valence-corrected chi connectivity index (χ2v) is 5.74. The van der Waals surface area contributed by atoms with Crippen LogP contribution in [0.25, 0.3) is 0 Å². The maximum atomic E-state index is 12.0. The minimum absolute atomic E-state index is 0.200. The molecule has 2 heterocycles. The standard InChI is InChI=1S/C16H24N4O2/c1-6-20-12(5)13(11(4)18-20)7-8-17-16(21)14-9-15(10(2)3)22-19-14/h9-10H,6-8H2,1-5H3,(H,17,21). The predicted octanol–water partition coefficient (Wildman–Crippen LogP) is 2.60. The molecule has 0 unspecified atom stereocenters.